The maximum Gasteiger partial charge on any atom is 0.416 e. The van der Waals surface area contributed by atoms with Crippen LogP contribution in [0.15, 0.2) is 170 Å². The van der Waals surface area contributed by atoms with Crippen LogP contribution in [-0.4, -0.2) is 19.5 Å². The number of nitrogens with zero attached hydrogens (tertiary/aromatic N) is 8. The van der Waals surface area contributed by atoms with Gasteiger partial charge in [0.05, 0.1) is 74.4 Å². The smallest absolute Gasteiger partial charge is 0.308 e. The van der Waals surface area contributed by atoms with E-state index in [4.69, 9.17) is 15.0 Å². The van der Waals surface area contributed by atoms with Crippen LogP contribution >= 0.6 is 0 Å². The minimum atomic E-state index is -5.08. The molecule has 0 N–H and O–H groups in total. The Bertz CT molecular complexity index is 3710. The molecular formula is C57H28F6N8. The predicted octanol–water partition coefficient (Wildman–Crippen LogP) is 14.5. The maximum atomic E-state index is 14.1. The van der Waals surface area contributed by atoms with Gasteiger partial charge in [-0.2, -0.15) is 47.4 Å². The van der Waals surface area contributed by atoms with Crippen molar-refractivity contribution in [2.45, 2.75) is 12.4 Å². The van der Waals surface area contributed by atoms with E-state index in [2.05, 4.69) is 24.3 Å². The Morgan fingerprint density at radius 3 is 1.23 bits per heavy atom. The van der Waals surface area contributed by atoms with Crippen LogP contribution in [0.4, 0.5) is 26.3 Å². The Kier molecular flexibility index (Phi) is 11.2. The van der Waals surface area contributed by atoms with Gasteiger partial charge in [0.25, 0.3) is 0 Å². The van der Waals surface area contributed by atoms with Crippen molar-refractivity contribution in [3.63, 3.8) is 0 Å². The lowest BCUT2D eigenvalue weighted by atomic mass is 9.90. The van der Waals surface area contributed by atoms with Gasteiger partial charge in [-0.05, 0) is 107 Å². The molecule has 2 aromatic heterocycles. The number of alkyl halides is 6. The maximum absolute atomic E-state index is 14.1. The highest BCUT2D eigenvalue weighted by Gasteiger charge is 2.37. The van der Waals surface area contributed by atoms with Crippen LogP contribution in [0.3, 0.4) is 0 Å². The molecule has 0 fully saturated rings. The summed E-state index contributed by atoms with van der Waals surface area (Å²) < 4.78 is 86.6. The van der Waals surface area contributed by atoms with E-state index in [9.17, 15) is 47.4 Å². The molecule has 0 aliphatic carbocycles. The summed E-state index contributed by atoms with van der Waals surface area (Å²) in [6.07, 6.45) is -10.2. The summed E-state index contributed by atoms with van der Waals surface area (Å²) in [7, 11) is 0. The van der Waals surface area contributed by atoms with E-state index in [1.165, 1.54) is 24.3 Å². The van der Waals surface area contributed by atoms with Gasteiger partial charge in [0, 0.05) is 38.6 Å². The molecule has 0 aliphatic rings. The number of para-hydroxylation sites is 1. The van der Waals surface area contributed by atoms with Crippen LogP contribution in [0.25, 0.3) is 95.0 Å². The molecule has 0 atom stereocenters. The van der Waals surface area contributed by atoms with Gasteiger partial charge < -0.3 is 4.57 Å². The molecule has 2 heterocycles. The first-order chi connectivity index (χ1) is 34.2. The molecule has 10 aromatic rings. The fourth-order valence-corrected chi connectivity index (χ4v) is 8.72. The van der Waals surface area contributed by atoms with Gasteiger partial charge in [-0.25, -0.2) is 15.0 Å². The molecule has 0 unspecified atom stereocenters. The van der Waals surface area contributed by atoms with Gasteiger partial charge in [0.15, 0.2) is 17.5 Å². The molecule has 14 heteroatoms. The second-order valence-electron chi connectivity index (χ2n) is 16.4. The molecule has 10 rings (SSSR count). The summed E-state index contributed by atoms with van der Waals surface area (Å²) in [4.78, 5) is 14.9. The second kappa shape index (κ2) is 17.6. The standard InChI is InChI=1S/C57H28F6N8/c58-56(59,60)44-23-40(24-45(28-44)57(61,62)63)39-15-16-51-49(25-39)46-13-7-8-14-50(46)71(51)52-47(41-19-33(29-64)17-34(20-41)30-65)26-43(27-48(52)42-21-35(31-66)18-36(22-42)32-67)55-69-53(37-9-3-1-4-10-37)68-54(70-55)38-11-5-2-6-12-38/h1-28H. The fraction of sp³-hybridized carbons (Fsp3) is 0.0351. The summed E-state index contributed by atoms with van der Waals surface area (Å²) in [5, 5.41) is 42.2. The Balaban J connectivity index is 1.35. The Hall–Kier alpha value is -9.89. The summed E-state index contributed by atoms with van der Waals surface area (Å²) in [6, 6.07) is 53.1. The quantitative estimate of drug-likeness (QED) is 0.145. The molecule has 0 bridgehead atoms. The summed E-state index contributed by atoms with van der Waals surface area (Å²) >= 11 is 0. The van der Waals surface area contributed by atoms with E-state index >= 15 is 0 Å². The van der Waals surface area contributed by atoms with Gasteiger partial charge in [-0.15, -0.1) is 0 Å². The van der Waals surface area contributed by atoms with Gasteiger partial charge in [0.2, 0.25) is 0 Å². The summed E-state index contributed by atoms with van der Waals surface area (Å²) in [5.41, 5.74) is 2.27. The van der Waals surface area contributed by atoms with Gasteiger partial charge in [0.1, 0.15) is 0 Å². The Morgan fingerprint density at radius 1 is 0.352 bits per heavy atom. The fourth-order valence-electron chi connectivity index (χ4n) is 8.72. The minimum absolute atomic E-state index is 0.0758. The van der Waals surface area contributed by atoms with Crippen molar-refractivity contribution < 1.29 is 26.3 Å². The zero-order chi connectivity index (χ0) is 49.6. The third-order valence-electron chi connectivity index (χ3n) is 11.9. The topological polar surface area (TPSA) is 139 Å². The summed E-state index contributed by atoms with van der Waals surface area (Å²) in [6.45, 7) is 0. The third-order valence-corrected chi connectivity index (χ3v) is 11.9. The first-order valence-corrected chi connectivity index (χ1v) is 21.5. The van der Waals surface area contributed by atoms with E-state index in [0.29, 0.717) is 90.2 Å². The average Bonchev–Trinajstić information content (AvgIpc) is 3.73. The zero-order valence-corrected chi connectivity index (χ0v) is 36.5. The Labute approximate surface area is 400 Å². The molecule has 338 valence electrons. The molecule has 0 saturated heterocycles. The van der Waals surface area contributed by atoms with Gasteiger partial charge >= 0.3 is 12.4 Å². The lowest BCUT2D eigenvalue weighted by Gasteiger charge is -2.21. The SMILES string of the molecule is N#Cc1cc(C#N)cc(-c2cc(-c3nc(-c4ccccc4)nc(-c4ccccc4)n3)cc(-c3cc(C#N)cc(C#N)c3)c2-n2c3ccccc3c3cc(-c4cc(C(F)(F)F)cc(C(F)(F)F)c4)ccc32)c1. The van der Waals surface area contributed by atoms with Crippen LogP contribution in [-0.2, 0) is 12.4 Å². The van der Waals surface area contributed by atoms with Crippen LogP contribution < -0.4 is 0 Å². The largest absolute Gasteiger partial charge is 0.416 e. The lowest BCUT2D eigenvalue weighted by molar-refractivity contribution is -0.143. The molecular weight excluding hydrogens is 911 g/mol. The number of hydrogen-bond acceptors (Lipinski definition) is 7. The first-order valence-electron chi connectivity index (χ1n) is 21.5. The van der Waals surface area contributed by atoms with E-state index < -0.39 is 23.5 Å². The van der Waals surface area contributed by atoms with Crippen LogP contribution in [0.1, 0.15) is 33.4 Å². The molecule has 0 amide bonds. The third kappa shape index (κ3) is 8.55. The van der Waals surface area contributed by atoms with Gasteiger partial charge in [-0.1, -0.05) is 84.9 Å². The van der Waals surface area contributed by atoms with E-state index in [1.54, 1.807) is 66.7 Å². The molecule has 8 aromatic carbocycles. The normalized spacial score (nSPS) is 11.5. The average molecular weight is 939 g/mol. The first kappa shape index (κ1) is 44.9. The molecule has 0 radical (unpaired) electrons. The number of nitriles is 4. The molecule has 0 aliphatic heterocycles. The van der Waals surface area contributed by atoms with Crippen molar-refractivity contribution in [1.29, 1.82) is 21.0 Å². The predicted molar refractivity (Wildman–Crippen MR) is 256 cm³/mol. The van der Waals surface area contributed by atoms with E-state index in [-0.39, 0.29) is 45.3 Å². The Morgan fingerprint density at radius 2 is 0.775 bits per heavy atom. The van der Waals surface area contributed by atoms with Crippen molar-refractivity contribution in [2.75, 3.05) is 0 Å². The van der Waals surface area contributed by atoms with Crippen molar-refractivity contribution in [3.8, 4) is 97.5 Å². The molecule has 8 nitrogen and oxygen atoms in total. The number of benzene rings is 8. The number of aromatic nitrogens is 4. The van der Waals surface area contributed by atoms with Crippen LogP contribution in [0.5, 0.6) is 0 Å². The molecule has 0 saturated carbocycles. The van der Waals surface area contributed by atoms with Crippen molar-refractivity contribution in [3.05, 3.63) is 203 Å². The van der Waals surface area contributed by atoms with Crippen molar-refractivity contribution in [2.24, 2.45) is 0 Å². The highest BCUT2D eigenvalue weighted by Crippen LogP contribution is 2.46. The second-order valence-corrected chi connectivity index (χ2v) is 16.4. The van der Waals surface area contributed by atoms with Gasteiger partial charge in [-0.3, -0.25) is 0 Å². The monoisotopic (exact) mass is 938 g/mol. The number of hydrogen-bond donors (Lipinski definition) is 0. The van der Waals surface area contributed by atoms with E-state index in [1.807, 2.05) is 65.2 Å². The highest BCUT2D eigenvalue weighted by molar-refractivity contribution is 6.12. The highest BCUT2D eigenvalue weighted by atomic mass is 19.4. The molecule has 71 heavy (non-hydrogen) atoms. The lowest BCUT2D eigenvalue weighted by Crippen LogP contribution is -2.11. The van der Waals surface area contributed by atoms with Crippen molar-refractivity contribution in [1.82, 2.24) is 19.5 Å². The zero-order valence-electron chi connectivity index (χ0n) is 36.5. The van der Waals surface area contributed by atoms with Crippen molar-refractivity contribution >= 4 is 21.8 Å². The van der Waals surface area contributed by atoms with Crippen LogP contribution in [0.2, 0.25) is 0 Å². The minimum Gasteiger partial charge on any atom is -0.308 e. The van der Waals surface area contributed by atoms with Crippen LogP contribution in [0, 0.1) is 45.3 Å². The number of fused-ring (bicyclic) bond motifs is 3. The number of halogens is 6. The number of rotatable bonds is 7. The van der Waals surface area contributed by atoms with E-state index in [0.717, 1.165) is 0 Å². The molecule has 0 spiro atoms. The summed E-state index contributed by atoms with van der Waals surface area (Å²) in [5.74, 6) is 0.908.